The number of para-hydroxylation sites is 2. The van der Waals surface area contributed by atoms with Gasteiger partial charge in [-0.15, -0.1) is 0 Å². The molecule has 2 aliphatic heterocycles. The number of ketones is 2. The van der Waals surface area contributed by atoms with Crippen molar-refractivity contribution in [3.05, 3.63) is 64.8 Å². The highest BCUT2D eigenvalue weighted by Crippen LogP contribution is 2.39. The SMILES string of the molecule is CC(=O)c1cn(CCCN2CCC3(CC2)CC(=O)c2ccccc2O3)c2c(Cl)cccc12. The Kier molecular flexibility index (Phi) is 5.56. The van der Waals surface area contributed by atoms with Gasteiger partial charge >= 0.3 is 0 Å². The zero-order chi connectivity index (χ0) is 22.3. The Bertz CT molecular complexity index is 1190. The number of hydrogen-bond acceptors (Lipinski definition) is 4. The quantitative estimate of drug-likeness (QED) is 0.489. The summed E-state index contributed by atoms with van der Waals surface area (Å²) in [6.45, 7) is 5.19. The van der Waals surface area contributed by atoms with Gasteiger partial charge in [0.2, 0.25) is 0 Å². The van der Waals surface area contributed by atoms with Crippen LogP contribution in [0.5, 0.6) is 5.75 Å². The molecule has 0 amide bonds. The number of piperidine rings is 1. The van der Waals surface area contributed by atoms with Gasteiger partial charge in [-0.2, -0.15) is 0 Å². The summed E-state index contributed by atoms with van der Waals surface area (Å²) in [5, 5.41) is 1.60. The zero-order valence-corrected chi connectivity index (χ0v) is 19.0. The average Bonchev–Trinajstić information content (AvgIpc) is 3.16. The summed E-state index contributed by atoms with van der Waals surface area (Å²) >= 11 is 6.45. The van der Waals surface area contributed by atoms with Crippen molar-refractivity contribution in [3.63, 3.8) is 0 Å². The number of carbonyl (C=O) groups excluding carboxylic acids is 2. The normalized spacial score (nSPS) is 18.0. The van der Waals surface area contributed by atoms with Crippen molar-refractivity contribution < 1.29 is 14.3 Å². The lowest BCUT2D eigenvalue weighted by molar-refractivity contribution is -0.00926. The van der Waals surface area contributed by atoms with Crippen LogP contribution >= 0.6 is 11.6 Å². The van der Waals surface area contributed by atoms with E-state index in [9.17, 15) is 9.59 Å². The van der Waals surface area contributed by atoms with Crippen molar-refractivity contribution in [2.45, 2.75) is 44.8 Å². The third-order valence-electron chi connectivity index (χ3n) is 6.87. The molecule has 1 spiro atoms. The summed E-state index contributed by atoms with van der Waals surface area (Å²) in [5.41, 5.74) is 2.01. The van der Waals surface area contributed by atoms with Crippen molar-refractivity contribution in [1.29, 1.82) is 0 Å². The molecular formula is C26H27ClN2O3. The third-order valence-corrected chi connectivity index (χ3v) is 7.17. The second kappa shape index (κ2) is 8.38. The molecule has 2 aliphatic rings. The Balaban J connectivity index is 1.21. The summed E-state index contributed by atoms with van der Waals surface area (Å²) < 4.78 is 8.45. The van der Waals surface area contributed by atoms with Gasteiger partial charge in [-0.25, -0.2) is 0 Å². The Labute approximate surface area is 192 Å². The van der Waals surface area contributed by atoms with Gasteiger partial charge in [0.1, 0.15) is 11.4 Å². The van der Waals surface area contributed by atoms with E-state index >= 15 is 0 Å². The maximum Gasteiger partial charge on any atom is 0.170 e. The lowest BCUT2D eigenvalue weighted by Crippen LogP contribution is -2.51. The second-order valence-electron chi connectivity index (χ2n) is 9.00. The number of aromatic nitrogens is 1. The van der Waals surface area contributed by atoms with E-state index in [1.165, 1.54) is 0 Å². The monoisotopic (exact) mass is 450 g/mol. The number of Topliss-reactive ketones (excluding diaryl/α,β-unsaturated/α-hetero) is 2. The highest BCUT2D eigenvalue weighted by molar-refractivity contribution is 6.35. The number of aryl methyl sites for hydroxylation is 1. The first-order valence-corrected chi connectivity index (χ1v) is 11.7. The van der Waals surface area contributed by atoms with Crippen molar-refractivity contribution in [2.24, 2.45) is 0 Å². The fraction of sp³-hybridized carbons (Fsp3) is 0.385. The molecule has 0 atom stereocenters. The maximum absolute atomic E-state index is 12.6. The Morgan fingerprint density at radius 3 is 2.66 bits per heavy atom. The van der Waals surface area contributed by atoms with Crippen LogP contribution < -0.4 is 4.74 Å². The fourth-order valence-corrected chi connectivity index (χ4v) is 5.43. The number of benzene rings is 2. The number of carbonyl (C=O) groups is 2. The van der Waals surface area contributed by atoms with E-state index in [0.717, 1.165) is 67.7 Å². The topological polar surface area (TPSA) is 51.5 Å². The van der Waals surface area contributed by atoms with Crippen LogP contribution in [0.2, 0.25) is 5.02 Å². The summed E-state index contributed by atoms with van der Waals surface area (Å²) in [4.78, 5) is 27.1. The van der Waals surface area contributed by atoms with Crippen LogP contribution in [0.1, 0.15) is 53.3 Å². The smallest absolute Gasteiger partial charge is 0.170 e. The summed E-state index contributed by atoms with van der Waals surface area (Å²) in [7, 11) is 0. The van der Waals surface area contributed by atoms with E-state index in [1.54, 1.807) is 6.92 Å². The third kappa shape index (κ3) is 3.84. The molecule has 5 nitrogen and oxygen atoms in total. The van der Waals surface area contributed by atoms with Crippen molar-refractivity contribution >= 4 is 34.1 Å². The van der Waals surface area contributed by atoms with Crippen molar-refractivity contribution in [1.82, 2.24) is 9.47 Å². The largest absolute Gasteiger partial charge is 0.486 e. The van der Waals surface area contributed by atoms with Gasteiger partial charge < -0.3 is 14.2 Å². The van der Waals surface area contributed by atoms with Crippen LogP contribution in [0.15, 0.2) is 48.7 Å². The molecule has 3 aromatic rings. The molecule has 0 aliphatic carbocycles. The van der Waals surface area contributed by atoms with E-state index in [0.29, 0.717) is 17.0 Å². The van der Waals surface area contributed by atoms with Crippen LogP contribution in [0, 0.1) is 0 Å². The van der Waals surface area contributed by atoms with Crippen LogP contribution in [0.3, 0.4) is 0 Å². The number of likely N-dealkylation sites (tertiary alicyclic amines) is 1. The predicted octanol–water partition coefficient (Wildman–Crippen LogP) is 5.39. The molecule has 0 N–H and O–H groups in total. The van der Waals surface area contributed by atoms with Crippen molar-refractivity contribution in [3.8, 4) is 5.75 Å². The van der Waals surface area contributed by atoms with Crippen molar-refractivity contribution in [2.75, 3.05) is 19.6 Å². The zero-order valence-electron chi connectivity index (χ0n) is 18.3. The molecule has 166 valence electrons. The van der Waals surface area contributed by atoms with E-state index in [2.05, 4.69) is 9.47 Å². The lowest BCUT2D eigenvalue weighted by Gasteiger charge is -2.44. The molecule has 0 saturated carbocycles. The number of rotatable bonds is 5. The van der Waals surface area contributed by atoms with Crippen LogP contribution in [0.25, 0.3) is 10.9 Å². The van der Waals surface area contributed by atoms with Gasteiger partial charge in [-0.05, 0) is 38.1 Å². The second-order valence-corrected chi connectivity index (χ2v) is 9.41. The average molecular weight is 451 g/mol. The molecular weight excluding hydrogens is 424 g/mol. The molecule has 0 radical (unpaired) electrons. The predicted molar refractivity (Wildman–Crippen MR) is 126 cm³/mol. The molecule has 6 heteroatoms. The van der Waals surface area contributed by atoms with Crippen LogP contribution in [0.4, 0.5) is 0 Å². The Hall–Kier alpha value is -2.63. The molecule has 32 heavy (non-hydrogen) atoms. The molecule has 1 aromatic heterocycles. The Morgan fingerprint density at radius 2 is 1.88 bits per heavy atom. The van der Waals surface area contributed by atoms with E-state index in [4.69, 9.17) is 16.3 Å². The Morgan fingerprint density at radius 1 is 1.09 bits per heavy atom. The van der Waals surface area contributed by atoms with Gasteiger partial charge in [0, 0.05) is 49.6 Å². The number of nitrogens with zero attached hydrogens (tertiary/aromatic N) is 2. The van der Waals surface area contributed by atoms with Gasteiger partial charge in [-0.3, -0.25) is 9.59 Å². The number of halogens is 1. The molecule has 1 saturated heterocycles. The standard InChI is InChI=1S/C26H27ClN2O3/c1-18(30)21-17-29(25-19(21)7-4-8-22(25)27)13-5-12-28-14-10-26(11-15-28)16-23(31)20-6-2-3-9-24(20)32-26/h2-4,6-9,17H,5,10-16H2,1H3. The van der Waals surface area contributed by atoms with Gasteiger partial charge in [0.25, 0.3) is 0 Å². The maximum atomic E-state index is 12.6. The first-order chi connectivity index (χ1) is 15.5. The number of fused-ring (bicyclic) bond motifs is 2. The molecule has 3 heterocycles. The summed E-state index contributed by atoms with van der Waals surface area (Å²) in [6, 6.07) is 13.3. The lowest BCUT2D eigenvalue weighted by atomic mass is 9.82. The number of ether oxygens (including phenoxy) is 1. The fourth-order valence-electron chi connectivity index (χ4n) is 5.14. The molecule has 0 unspecified atom stereocenters. The number of hydrogen-bond donors (Lipinski definition) is 0. The minimum Gasteiger partial charge on any atom is -0.486 e. The van der Waals surface area contributed by atoms with Gasteiger partial charge in [-0.1, -0.05) is 35.9 Å². The first kappa shape index (κ1) is 21.2. The highest BCUT2D eigenvalue weighted by atomic mass is 35.5. The minimum absolute atomic E-state index is 0.0564. The molecule has 5 rings (SSSR count). The van der Waals surface area contributed by atoms with E-state index in [1.807, 2.05) is 48.7 Å². The summed E-state index contributed by atoms with van der Waals surface area (Å²) in [6.07, 6.45) is 5.09. The van der Waals surface area contributed by atoms with E-state index in [-0.39, 0.29) is 17.2 Å². The molecule has 0 bridgehead atoms. The van der Waals surface area contributed by atoms with Gasteiger partial charge in [0.05, 0.1) is 22.5 Å². The molecule has 1 fully saturated rings. The van der Waals surface area contributed by atoms with Gasteiger partial charge in [0.15, 0.2) is 11.6 Å². The minimum atomic E-state index is -0.359. The first-order valence-electron chi connectivity index (χ1n) is 11.3. The highest BCUT2D eigenvalue weighted by Gasteiger charge is 2.42. The van der Waals surface area contributed by atoms with E-state index < -0.39 is 0 Å². The molecule has 2 aromatic carbocycles. The van der Waals surface area contributed by atoms with Crippen LogP contribution in [-0.2, 0) is 6.54 Å². The summed E-state index contributed by atoms with van der Waals surface area (Å²) in [5.74, 6) is 0.980. The van der Waals surface area contributed by atoms with Crippen LogP contribution in [-0.4, -0.2) is 46.3 Å².